The monoisotopic (exact) mass is 550 g/mol. The number of thiophene rings is 1. The maximum absolute atomic E-state index is 13.2. The summed E-state index contributed by atoms with van der Waals surface area (Å²) in [5.74, 6) is 0.566. The molecule has 4 rings (SSSR count). The molecule has 0 fully saturated rings. The van der Waals surface area contributed by atoms with Gasteiger partial charge in [0.25, 0.3) is 11.8 Å². The van der Waals surface area contributed by atoms with Crippen LogP contribution in [0.25, 0.3) is 0 Å². The predicted octanol–water partition coefficient (Wildman–Crippen LogP) is 4.86. The highest BCUT2D eigenvalue weighted by molar-refractivity contribution is 7.17. The number of amides is 2. The van der Waals surface area contributed by atoms with Crippen molar-refractivity contribution in [3.63, 3.8) is 0 Å². The van der Waals surface area contributed by atoms with Gasteiger partial charge in [0.1, 0.15) is 23.1 Å². The predicted molar refractivity (Wildman–Crippen MR) is 151 cm³/mol. The first kappa shape index (κ1) is 28.2. The standard InChI is InChI=1S/C30H34N2O6S/c1-19-6-4-8-22(14-19)37-17-26(33)32-30-28(24-11-10-21(3)16-25(24)39-30)29(35)31-12-13-36-27(34)18-38-23-9-5-7-20(2)15-23/h4-9,14-15,21H,10-13,16-18H2,1-3H3,(H,31,35)(H,32,33). The van der Waals surface area contributed by atoms with Crippen LogP contribution in [-0.2, 0) is 27.2 Å². The highest BCUT2D eigenvalue weighted by atomic mass is 32.1. The van der Waals surface area contributed by atoms with Gasteiger partial charge in [-0.25, -0.2) is 4.79 Å². The Hall–Kier alpha value is -3.85. The van der Waals surface area contributed by atoms with Gasteiger partial charge in [-0.15, -0.1) is 11.3 Å². The molecule has 206 valence electrons. The fraction of sp³-hybridized carbons (Fsp3) is 0.367. The third kappa shape index (κ3) is 8.07. The molecule has 0 saturated heterocycles. The second kappa shape index (κ2) is 13.3. The first-order chi connectivity index (χ1) is 18.8. The highest BCUT2D eigenvalue weighted by Gasteiger charge is 2.28. The molecule has 1 unspecified atom stereocenters. The molecule has 1 heterocycles. The molecular weight excluding hydrogens is 516 g/mol. The summed E-state index contributed by atoms with van der Waals surface area (Å²) in [6.07, 6.45) is 2.62. The Bertz CT molecular complexity index is 1330. The van der Waals surface area contributed by atoms with Crippen LogP contribution in [-0.4, -0.2) is 44.1 Å². The van der Waals surface area contributed by atoms with Crippen LogP contribution in [0.15, 0.2) is 48.5 Å². The fourth-order valence-corrected chi connectivity index (χ4v) is 5.83. The zero-order valence-corrected chi connectivity index (χ0v) is 23.3. The first-order valence-electron chi connectivity index (χ1n) is 13.1. The average molecular weight is 551 g/mol. The Morgan fingerprint density at radius 1 is 0.974 bits per heavy atom. The van der Waals surface area contributed by atoms with Crippen LogP contribution in [0, 0.1) is 19.8 Å². The molecule has 0 spiro atoms. The lowest BCUT2D eigenvalue weighted by Gasteiger charge is -2.18. The number of esters is 1. The molecule has 1 aliphatic rings. The Morgan fingerprint density at radius 2 is 1.64 bits per heavy atom. The minimum absolute atomic E-state index is 0.0110. The van der Waals surface area contributed by atoms with Gasteiger partial charge in [0.2, 0.25) is 0 Å². The summed E-state index contributed by atoms with van der Waals surface area (Å²) < 4.78 is 16.3. The van der Waals surface area contributed by atoms with Crippen molar-refractivity contribution in [3.8, 4) is 11.5 Å². The fourth-order valence-electron chi connectivity index (χ4n) is 4.40. The number of rotatable bonds is 11. The van der Waals surface area contributed by atoms with Crippen molar-refractivity contribution in [1.82, 2.24) is 5.32 Å². The van der Waals surface area contributed by atoms with E-state index < -0.39 is 5.97 Å². The first-order valence-corrected chi connectivity index (χ1v) is 13.9. The van der Waals surface area contributed by atoms with Crippen molar-refractivity contribution in [2.45, 2.75) is 40.0 Å². The number of carbonyl (C=O) groups excluding carboxylic acids is 3. The van der Waals surface area contributed by atoms with Gasteiger partial charge in [-0.1, -0.05) is 31.2 Å². The van der Waals surface area contributed by atoms with Gasteiger partial charge in [-0.05, 0) is 80.0 Å². The van der Waals surface area contributed by atoms with E-state index in [4.69, 9.17) is 14.2 Å². The molecule has 39 heavy (non-hydrogen) atoms. The molecule has 2 N–H and O–H groups in total. The maximum Gasteiger partial charge on any atom is 0.344 e. The Balaban J connectivity index is 1.31. The van der Waals surface area contributed by atoms with Crippen molar-refractivity contribution in [3.05, 3.63) is 75.7 Å². The van der Waals surface area contributed by atoms with Crippen LogP contribution in [0.1, 0.15) is 45.3 Å². The molecular formula is C30H34N2O6S. The Morgan fingerprint density at radius 3 is 2.31 bits per heavy atom. The molecule has 2 aromatic carbocycles. The van der Waals surface area contributed by atoms with E-state index in [9.17, 15) is 14.4 Å². The smallest absolute Gasteiger partial charge is 0.344 e. The van der Waals surface area contributed by atoms with Crippen LogP contribution in [0.2, 0.25) is 0 Å². The molecule has 2 amide bonds. The number of nitrogens with one attached hydrogen (secondary N) is 2. The minimum Gasteiger partial charge on any atom is -0.484 e. The molecule has 8 nitrogen and oxygen atoms in total. The van der Waals surface area contributed by atoms with Gasteiger partial charge in [0, 0.05) is 4.88 Å². The van der Waals surface area contributed by atoms with E-state index in [-0.39, 0.29) is 38.2 Å². The Labute approximate surface area is 232 Å². The van der Waals surface area contributed by atoms with E-state index in [2.05, 4.69) is 17.6 Å². The molecule has 0 bridgehead atoms. The molecule has 3 aromatic rings. The molecule has 1 aromatic heterocycles. The number of anilines is 1. The van der Waals surface area contributed by atoms with Crippen LogP contribution in [0.4, 0.5) is 5.00 Å². The number of carbonyl (C=O) groups is 3. The van der Waals surface area contributed by atoms with Crippen LogP contribution in [0.5, 0.6) is 11.5 Å². The summed E-state index contributed by atoms with van der Waals surface area (Å²) in [7, 11) is 0. The quantitative estimate of drug-likeness (QED) is 0.261. The van der Waals surface area contributed by atoms with Gasteiger partial charge in [0.15, 0.2) is 13.2 Å². The topological polar surface area (TPSA) is 103 Å². The molecule has 0 saturated carbocycles. The molecule has 1 aliphatic carbocycles. The van der Waals surface area contributed by atoms with Crippen molar-refractivity contribution in [2.24, 2.45) is 5.92 Å². The maximum atomic E-state index is 13.2. The molecule has 0 aliphatic heterocycles. The summed E-state index contributed by atoms with van der Waals surface area (Å²) in [6, 6.07) is 14.9. The normalized spacial score (nSPS) is 14.2. The summed E-state index contributed by atoms with van der Waals surface area (Å²) in [6.45, 7) is 5.85. The number of hydrogen-bond acceptors (Lipinski definition) is 7. The van der Waals surface area contributed by atoms with Gasteiger partial charge in [0.05, 0.1) is 12.1 Å². The van der Waals surface area contributed by atoms with Gasteiger partial charge in [-0.3, -0.25) is 9.59 Å². The van der Waals surface area contributed by atoms with E-state index in [1.807, 2.05) is 50.2 Å². The number of hydrogen-bond donors (Lipinski definition) is 2. The van der Waals surface area contributed by atoms with Gasteiger partial charge in [-0.2, -0.15) is 0 Å². The Kier molecular flexibility index (Phi) is 9.59. The van der Waals surface area contributed by atoms with Crippen molar-refractivity contribution in [1.29, 1.82) is 0 Å². The number of aryl methyl sites for hydroxylation is 2. The van der Waals surface area contributed by atoms with Crippen molar-refractivity contribution < 1.29 is 28.6 Å². The van der Waals surface area contributed by atoms with E-state index in [1.54, 1.807) is 12.1 Å². The highest BCUT2D eigenvalue weighted by Crippen LogP contribution is 2.39. The van der Waals surface area contributed by atoms with E-state index in [0.717, 1.165) is 40.8 Å². The van der Waals surface area contributed by atoms with Gasteiger partial charge >= 0.3 is 5.97 Å². The summed E-state index contributed by atoms with van der Waals surface area (Å²) >= 11 is 1.45. The van der Waals surface area contributed by atoms with Crippen LogP contribution < -0.4 is 20.1 Å². The lowest BCUT2D eigenvalue weighted by Crippen LogP contribution is -2.30. The molecule has 9 heteroatoms. The number of ether oxygens (including phenoxy) is 3. The average Bonchev–Trinajstić information content (AvgIpc) is 3.25. The second-order valence-electron chi connectivity index (χ2n) is 9.79. The summed E-state index contributed by atoms with van der Waals surface area (Å²) in [5.41, 5.74) is 3.54. The van der Waals surface area contributed by atoms with E-state index >= 15 is 0 Å². The van der Waals surface area contributed by atoms with Crippen molar-refractivity contribution >= 4 is 34.1 Å². The second-order valence-corrected chi connectivity index (χ2v) is 10.9. The number of benzene rings is 2. The third-order valence-electron chi connectivity index (χ3n) is 6.35. The zero-order chi connectivity index (χ0) is 27.8. The van der Waals surface area contributed by atoms with Crippen molar-refractivity contribution in [2.75, 3.05) is 31.7 Å². The molecule has 0 radical (unpaired) electrons. The zero-order valence-electron chi connectivity index (χ0n) is 22.5. The van der Waals surface area contributed by atoms with Crippen LogP contribution in [0.3, 0.4) is 0 Å². The largest absolute Gasteiger partial charge is 0.484 e. The van der Waals surface area contributed by atoms with E-state index in [0.29, 0.717) is 28.0 Å². The molecule has 1 atom stereocenters. The number of fused-ring (bicyclic) bond motifs is 1. The van der Waals surface area contributed by atoms with Gasteiger partial charge < -0.3 is 24.8 Å². The summed E-state index contributed by atoms with van der Waals surface area (Å²) in [4.78, 5) is 39.1. The van der Waals surface area contributed by atoms with Crippen LogP contribution >= 0.6 is 11.3 Å². The minimum atomic E-state index is -0.519. The summed E-state index contributed by atoms with van der Waals surface area (Å²) in [5, 5.41) is 6.23. The van der Waals surface area contributed by atoms with E-state index in [1.165, 1.54) is 11.3 Å². The lowest BCUT2D eigenvalue weighted by atomic mass is 9.88. The third-order valence-corrected chi connectivity index (χ3v) is 7.52. The lowest BCUT2D eigenvalue weighted by molar-refractivity contribution is -0.145. The SMILES string of the molecule is Cc1cccc(OCC(=O)Nc2sc3c(c2C(=O)NCCOC(=O)COc2cccc(C)c2)CCC(C)C3)c1.